The number of amides is 2. The molecule has 14 nitrogen and oxygen atoms in total. The molecule has 0 spiro atoms. The van der Waals surface area contributed by atoms with E-state index in [-0.39, 0.29) is 24.5 Å². The highest BCUT2D eigenvalue weighted by Crippen LogP contribution is 2.31. The quantitative estimate of drug-likeness (QED) is 0.268. The summed E-state index contributed by atoms with van der Waals surface area (Å²) in [6.07, 6.45) is 4.76. The van der Waals surface area contributed by atoms with Crippen molar-refractivity contribution in [3.63, 3.8) is 0 Å². The Hall–Kier alpha value is -4.79. The first-order valence-electron chi connectivity index (χ1n) is 15.7. The minimum Gasteiger partial charge on any atom is -0.465 e. The highest BCUT2D eigenvalue weighted by molar-refractivity contribution is 5.94. The Morgan fingerprint density at radius 1 is 0.957 bits per heavy atom. The number of morpholine rings is 1. The van der Waals surface area contributed by atoms with E-state index in [0.717, 1.165) is 16.0 Å². The molecule has 0 aliphatic carbocycles. The highest BCUT2D eigenvalue weighted by Gasteiger charge is 2.30. The van der Waals surface area contributed by atoms with Gasteiger partial charge in [-0.05, 0) is 57.4 Å². The zero-order valence-electron chi connectivity index (χ0n) is 26.8. The second-order valence-electron chi connectivity index (χ2n) is 12.8. The maximum Gasteiger partial charge on any atom is 0.414 e. The second kappa shape index (κ2) is 13.5. The molecule has 0 unspecified atom stereocenters. The normalized spacial score (nSPS) is 16.3. The van der Waals surface area contributed by atoms with Gasteiger partial charge in [0, 0.05) is 61.6 Å². The smallest absolute Gasteiger partial charge is 0.414 e. The molecule has 0 radical (unpaired) electrons. The SMILES string of the molecule is CC(C)(C)N(C(=O)O)c1ncc(-c2nc(N3CCOCC3)c3ncc(-c4cccc(NC(=O)CN5CCC(O)CC5)c4)cc3n2)cn1. The average molecular weight is 642 g/mol. The van der Waals surface area contributed by atoms with Crippen molar-refractivity contribution in [3.8, 4) is 22.5 Å². The van der Waals surface area contributed by atoms with Gasteiger partial charge in [0.2, 0.25) is 11.9 Å². The Kier molecular flexibility index (Phi) is 9.25. The van der Waals surface area contributed by atoms with Crippen molar-refractivity contribution in [2.24, 2.45) is 0 Å². The molecule has 2 fully saturated rings. The van der Waals surface area contributed by atoms with Crippen LogP contribution in [0, 0.1) is 0 Å². The Labute approximate surface area is 272 Å². The van der Waals surface area contributed by atoms with Crippen LogP contribution in [0.3, 0.4) is 0 Å². The monoisotopic (exact) mass is 641 g/mol. The predicted octanol–water partition coefficient (Wildman–Crippen LogP) is 3.66. The molecule has 4 aromatic rings. The number of aliphatic hydroxyl groups is 1. The molecule has 3 aromatic heterocycles. The van der Waals surface area contributed by atoms with Crippen molar-refractivity contribution < 1.29 is 24.5 Å². The third-order valence-corrected chi connectivity index (χ3v) is 8.19. The first-order chi connectivity index (χ1) is 22.5. The summed E-state index contributed by atoms with van der Waals surface area (Å²) in [5, 5.41) is 22.5. The van der Waals surface area contributed by atoms with Gasteiger partial charge in [0.1, 0.15) is 5.52 Å². The zero-order valence-corrected chi connectivity index (χ0v) is 26.8. The van der Waals surface area contributed by atoms with Crippen molar-refractivity contribution in [1.29, 1.82) is 0 Å². The third kappa shape index (κ3) is 7.45. The van der Waals surface area contributed by atoms with E-state index in [1.54, 1.807) is 27.0 Å². The molecule has 3 N–H and O–H groups in total. The molecule has 6 rings (SSSR count). The molecule has 0 bridgehead atoms. The molecular weight excluding hydrogens is 602 g/mol. The molecule has 246 valence electrons. The lowest BCUT2D eigenvalue weighted by Crippen LogP contribution is -2.46. The minimum absolute atomic E-state index is 0.0635. The number of carboxylic acid groups (broad SMARTS) is 1. The summed E-state index contributed by atoms with van der Waals surface area (Å²) in [6.45, 7) is 9.39. The molecular formula is C33H39N9O5. The summed E-state index contributed by atoms with van der Waals surface area (Å²) in [6, 6.07) is 9.53. The number of nitrogens with one attached hydrogen (secondary N) is 1. The number of carbonyl (C=O) groups is 2. The van der Waals surface area contributed by atoms with Gasteiger partial charge in [-0.25, -0.2) is 29.6 Å². The fourth-order valence-electron chi connectivity index (χ4n) is 5.77. The van der Waals surface area contributed by atoms with Crippen molar-refractivity contribution in [2.45, 2.75) is 45.3 Å². The lowest BCUT2D eigenvalue weighted by molar-refractivity contribution is -0.117. The summed E-state index contributed by atoms with van der Waals surface area (Å²) in [5.74, 6) is 1.00. The summed E-state index contributed by atoms with van der Waals surface area (Å²) in [4.78, 5) is 53.3. The van der Waals surface area contributed by atoms with Gasteiger partial charge in [-0.3, -0.25) is 14.7 Å². The molecule has 14 heteroatoms. The van der Waals surface area contributed by atoms with Gasteiger partial charge >= 0.3 is 6.09 Å². The van der Waals surface area contributed by atoms with Crippen molar-refractivity contribution >= 4 is 40.5 Å². The fourth-order valence-corrected chi connectivity index (χ4v) is 5.77. The summed E-state index contributed by atoms with van der Waals surface area (Å²) < 4.78 is 5.57. The topological polar surface area (TPSA) is 170 Å². The van der Waals surface area contributed by atoms with Crippen LogP contribution in [0.1, 0.15) is 33.6 Å². The number of aromatic nitrogens is 5. The van der Waals surface area contributed by atoms with Crippen molar-refractivity contribution in [3.05, 3.63) is 48.9 Å². The second-order valence-corrected chi connectivity index (χ2v) is 12.8. The number of ether oxygens (including phenoxy) is 1. The first kappa shape index (κ1) is 32.2. The van der Waals surface area contributed by atoms with Gasteiger partial charge in [0.05, 0.1) is 36.9 Å². The van der Waals surface area contributed by atoms with Gasteiger partial charge in [-0.15, -0.1) is 0 Å². The van der Waals surface area contributed by atoms with E-state index in [0.29, 0.717) is 86.2 Å². The molecule has 0 saturated carbocycles. The number of hydrogen-bond acceptors (Lipinski definition) is 11. The Morgan fingerprint density at radius 3 is 2.34 bits per heavy atom. The first-order valence-corrected chi connectivity index (χ1v) is 15.7. The van der Waals surface area contributed by atoms with Gasteiger partial charge in [-0.2, -0.15) is 0 Å². The maximum absolute atomic E-state index is 12.8. The van der Waals surface area contributed by atoms with Crippen LogP contribution in [-0.2, 0) is 9.53 Å². The van der Waals surface area contributed by atoms with Crippen LogP contribution in [0.2, 0.25) is 0 Å². The van der Waals surface area contributed by atoms with Crippen LogP contribution in [0.5, 0.6) is 0 Å². The van der Waals surface area contributed by atoms with Gasteiger partial charge in [-0.1, -0.05) is 12.1 Å². The van der Waals surface area contributed by atoms with Crippen molar-refractivity contribution in [2.75, 3.05) is 61.1 Å². The molecule has 2 amide bonds. The van der Waals surface area contributed by atoms with Crippen LogP contribution in [0.15, 0.2) is 48.9 Å². The molecule has 2 aliphatic heterocycles. The Balaban J connectivity index is 1.31. The number of piperidine rings is 1. The maximum atomic E-state index is 12.8. The fraction of sp³-hybridized carbons (Fsp3) is 0.424. The average Bonchev–Trinajstić information content (AvgIpc) is 3.05. The number of fused-ring (bicyclic) bond motifs is 1. The van der Waals surface area contributed by atoms with Gasteiger partial charge < -0.3 is 25.2 Å². The van der Waals surface area contributed by atoms with E-state index in [1.165, 1.54) is 12.4 Å². The Morgan fingerprint density at radius 2 is 1.66 bits per heavy atom. The van der Waals surface area contributed by atoms with Crippen LogP contribution < -0.4 is 15.1 Å². The molecule has 2 aliphatic rings. The summed E-state index contributed by atoms with van der Waals surface area (Å²) in [5.41, 5.74) is 3.38. The third-order valence-electron chi connectivity index (χ3n) is 8.19. The number of aliphatic hydroxyl groups excluding tert-OH is 1. The molecule has 47 heavy (non-hydrogen) atoms. The van der Waals surface area contributed by atoms with E-state index in [1.807, 2.05) is 35.2 Å². The molecule has 1 aromatic carbocycles. The lowest BCUT2D eigenvalue weighted by atomic mass is 10.1. The number of anilines is 3. The van der Waals surface area contributed by atoms with E-state index >= 15 is 0 Å². The summed E-state index contributed by atoms with van der Waals surface area (Å²) in [7, 11) is 0. The Bertz CT molecular complexity index is 1750. The van der Waals surface area contributed by atoms with Crippen LogP contribution in [0.25, 0.3) is 33.5 Å². The largest absolute Gasteiger partial charge is 0.465 e. The number of benzene rings is 1. The standard InChI is InChI=1S/C33H39N9O5/c1-33(2,3)42(32(45)46)31-35-18-23(19-36-31)29-38-26-16-22(17-34-28(26)30(39-29)41-11-13-47-14-12-41)21-5-4-6-24(15-21)37-27(44)20-40-9-7-25(43)8-10-40/h4-6,15-19,25,43H,7-14,20H2,1-3H3,(H,37,44)(H,45,46). The van der Waals surface area contributed by atoms with Crippen LogP contribution >= 0.6 is 0 Å². The number of carbonyl (C=O) groups excluding carboxylic acids is 1. The molecule has 2 saturated heterocycles. The van der Waals surface area contributed by atoms with Gasteiger partial charge in [0.25, 0.3) is 0 Å². The number of nitrogens with zero attached hydrogens (tertiary/aromatic N) is 8. The molecule has 0 atom stereocenters. The van der Waals surface area contributed by atoms with Crippen molar-refractivity contribution in [1.82, 2.24) is 29.8 Å². The van der Waals surface area contributed by atoms with E-state index in [2.05, 4.69) is 20.2 Å². The van der Waals surface area contributed by atoms with E-state index in [9.17, 15) is 19.8 Å². The number of rotatable bonds is 7. The highest BCUT2D eigenvalue weighted by atomic mass is 16.5. The number of hydrogen-bond donors (Lipinski definition) is 3. The number of pyridine rings is 1. The van der Waals surface area contributed by atoms with E-state index in [4.69, 9.17) is 19.7 Å². The molecule has 5 heterocycles. The van der Waals surface area contributed by atoms with Crippen LogP contribution in [-0.4, -0.2) is 110 Å². The van der Waals surface area contributed by atoms with Crippen LogP contribution in [0.4, 0.5) is 22.2 Å². The van der Waals surface area contributed by atoms with E-state index < -0.39 is 11.6 Å². The van der Waals surface area contributed by atoms with Gasteiger partial charge in [0.15, 0.2) is 11.6 Å². The zero-order chi connectivity index (χ0) is 33.1. The lowest BCUT2D eigenvalue weighted by Gasteiger charge is -2.31. The summed E-state index contributed by atoms with van der Waals surface area (Å²) >= 11 is 0. The predicted molar refractivity (Wildman–Crippen MR) is 177 cm³/mol. The number of likely N-dealkylation sites (tertiary alicyclic amines) is 1. The minimum atomic E-state index is -1.15.